The molecule has 1 aromatic carbocycles. The molecule has 2 unspecified atom stereocenters. The fourth-order valence-electron chi connectivity index (χ4n) is 3.79. The zero-order valence-electron chi connectivity index (χ0n) is 13.3. The highest BCUT2D eigenvalue weighted by atomic mass is 15.1. The van der Waals surface area contributed by atoms with E-state index in [1.54, 1.807) is 0 Å². The van der Waals surface area contributed by atoms with Crippen molar-refractivity contribution in [1.82, 2.24) is 14.9 Å². The van der Waals surface area contributed by atoms with Gasteiger partial charge in [-0.05, 0) is 37.9 Å². The van der Waals surface area contributed by atoms with Gasteiger partial charge >= 0.3 is 0 Å². The molecule has 2 aromatic rings. The molecule has 1 aliphatic carbocycles. The molecule has 1 heterocycles. The van der Waals surface area contributed by atoms with Crippen LogP contribution >= 0.6 is 0 Å². The van der Waals surface area contributed by atoms with E-state index in [4.69, 9.17) is 4.98 Å². The Morgan fingerprint density at radius 3 is 2.81 bits per heavy atom. The number of nitrogens with zero attached hydrogens (tertiary/aromatic N) is 2. The number of rotatable bonds is 5. The Bertz CT molecular complexity index is 585. The lowest BCUT2D eigenvalue weighted by Crippen LogP contribution is -2.40. The van der Waals surface area contributed by atoms with Crippen LogP contribution in [0.2, 0.25) is 0 Å². The van der Waals surface area contributed by atoms with Crippen molar-refractivity contribution < 1.29 is 0 Å². The van der Waals surface area contributed by atoms with E-state index >= 15 is 0 Å². The van der Waals surface area contributed by atoms with E-state index in [1.165, 1.54) is 37.0 Å². The van der Waals surface area contributed by atoms with E-state index < -0.39 is 0 Å². The molecule has 1 fully saturated rings. The van der Waals surface area contributed by atoms with Crippen LogP contribution in [-0.4, -0.2) is 22.1 Å². The molecule has 1 aromatic heterocycles. The van der Waals surface area contributed by atoms with Crippen molar-refractivity contribution in [1.29, 1.82) is 0 Å². The van der Waals surface area contributed by atoms with Crippen molar-refractivity contribution in [3.8, 4) is 0 Å². The Kier molecular flexibility index (Phi) is 4.59. The monoisotopic (exact) mass is 285 g/mol. The van der Waals surface area contributed by atoms with Crippen molar-refractivity contribution in [3.63, 3.8) is 0 Å². The third-order valence-electron chi connectivity index (χ3n) is 4.67. The summed E-state index contributed by atoms with van der Waals surface area (Å²) in [6, 6.07) is 9.78. The summed E-state index contributed by atoms with van der Waals surface area (Å²) in [6.45, 7) is 5.51. The van der Waals surface area contributed by atoms with E-state index in [0.29, 0.717) is 12.1 Å². The SMILES string of the molecule is CCCc1nc2ccccc2n1C1CCCCC1NCC. The smallest absolute Gasteiger partial charge is 0.110 e. The van der Waals surface area contributed by atoms with Gasteiger partial charge in [0.15, 0.2) is 0 Å². The second-order valence-corrected chi connectivity index (χ2v) is 6.15. The number of para-hydroxylation sites is 2. The first-order chi connectivity index (χ1) is 10.3. The first-order valence-electron chi connectivity index (χ1n) is 8.54. The molecule has 1 saturated carbocycles. The number of hydrogen-bond donors (Lipinski definition) is 1. The van der Waals surface area contributed by atoms with Gasteiger partial charge in [0.05, 0.1) is 17.1 Å². The summed E-state index contributed by atoms with van der Waals surface area (Å²) >= 11 is 0. The molecule has 0 radical (unpaired) electrons. The number of aryl methyl sites for hydroxylation is 1. The highest BCUT2D eigenvalue weighted by molar-refractivity contribution is 5.76. The summed E-state index contributed by atoms with van der Waals surface area (Å²) in [5.41, 5.74) is 2.47. The van der Waals surface area contributed by atoms with Crippen LogP contribution in [0.5, 0.6) is 0 Å². The van der Waals surface area contributed by atoms with Gasteiger partial charge in [-0.1, -0.05) is 38.8 Å². The zero-order valence-corrected chi connectivity index (χ0v) is 13.3. The predicted octanol–water partition coefficient (Wildman–Crippen LogP) is 4.08. The Balaban J connectivity index is 2.05. The highest BCUT2D eigenvalue weighted by Gasteiger charge is 2.28. The first-order valence-corrected chi connectivity index (χ1v) is 8.54. The van der Waals surface area contributed by atoms with Crippen LogP contribution in [0.3, 0.4) is 0 Å². The molecule has 0 spiro atoms. The van der Waals surface area contributed by atoms with Crippen molar-refractivity contribution in [2.75, 3.05) is 6.54 Å². The Morgan fingerprint density at radius 1 is 1.19 bits per heavy atom. The lowest BCUT2D eigenvalue weighted by atomic mass is 9.89. The van der Waals surface area contributed by atoms with E-state index in [2.05, 4.69) is 48.0 Å². The maximum atomic E-state index is 4.91. The summed E-state index contributed by atoms with van der Waals surface area (Å²) in [7, 11) is 0. The normalized spacial score (nSPS) is 22.8. The van der Waals surface area contributed by atoms with Crippen molar-refractivity contribution in [2.24, 2.45) is 0 Å². The number of imidazole rings is 1. The fourth-order valence-corrected chi connectivity index (χ4v) is 3.79. The second-order valence-electron chi connectivity index (χ2n) is 6.15. The molecule has 21 heavy (non-hydrogen) atoms. The molecule has 114 valence electrons. The Hall–Kier alpha value is -1.35. The highest BCUT2D eigenvalue weighted by Crippen LogP contribution is 2.33. The van der Waals surface area contributed by atoms with Gasteiger partial charge in [-0.25, -0.2) is 4.98 Å². The minimum Gasteiger partial charge on any atom is -0.323 e. The molecule has 0 bridgehead atoms. The molecule has 1 N–H and O–H groups in total. The average molecular weight is 285 g/mol. The van der Waals surface area contributed by atoms with Crippen LogP contribution in [0.15, 0.2) is 24.3 Å². The fraction of sp³-hybridized carbons (Fsp3) is 0.611. The van der Waals surface area contributed by atoms with Gasteiger partial charge in [0.1, 0.15) is 5.82 Å². The van der Waals surface area contributed by atoms with Crippen LogP contribution in [-0.2, 0) is 6.42 Å². The van der Waals surface area contributed by atoms with Gasteiger partial charge in [0, 0.05) is 12.5 Å². The molecule has 3 rings (SSSR count). The number of likely N-dealkylation sites (N-methyl/N-ethyl adjacent to an activating group) is 1. The van der Waals surface area contributed by atoms with Crippen LogP contribution < -0.4 is 5.32 Å². The topological polar surface area (TPSA) is 29.9 Å². The van der Waals surface area contributed by atoms with E-state index in [0.717, 1.165) is 24.9 Å². The Morgan fingerprint density at radius 2 is 2.00 bits per heavy atom. The summed E-state index contributed by atoms with van der Waals surface area (Å²) in [5, 5.41) is 3.71. The van der Waals surface area contributed by atoms with E-state index in [1.807, 2.05) is 0 Å². The molecule has 3 heteroatoms. The van der Waals surface area contributed by atoms with Gasteiger partial charge in [-0.3, -0.25) is 0 Å². The quantitative estimate of drug-likeness (QED) is 0.897. The van der Waals surface area contributed by atoms with Crippen LogP contribution in [0.4, 0.5) is 0 Å². The van der Waals surface area contributed by atoms with Crippen molar-refractivity contribution in [2.45, 2.75) is 64.5 Å². The molecular weight excluding hydrogens is 258 g/mol. The van der Waals surface area contributed by atoms with Gasteiger partial charge in [-0.15, -0.1) is 0 Å². The second kappa shape index (κ2) is 6.61. The molecule has 0 amide bonds. The lowest BCUT2D eigenvalue weighted by molar-refractivity contribution is 0.266. The summed E-state index contributed by atoms with van der Waals surface area (Å²) in [6.07, 6.45) is 7.48. The minimum atomic E-state index is 0.563. The third kappa shape index (κ3) is 2.84. The van der Waals surface area contributed by atoms with Crippen LogP contribution in [0.25, 0.3) is 11.0 Å². The number of aromatic nitrogens is 2. The third-order valence-corrected chi connectivity index (χ3v) is 4.67. The molecule has 1 aliphatic rings. The Labute approximate surface area is 127 Å². The summed E-state index contributed by atoms with van der Waals surface area (Å²) in [5.74, 6) is 1.27. The predicted molar refractivity (Wildman–Crippen MR) is 88.7 cm³/mol. The number of benzene rings is 1. The van der Waals surface area contributed by atoms with E-state index in [9.17, 15) is 0 Å². The number of hydrogen-bond acceptors (Lipinski definition) is 2. The zero-order chi connectivity index (χ0) is 14.7. The van der Waals surface area contributed by atoms with Crippen molar-refractivity contribution >= 4 is 11.0 Å². The number of fused-ring (bicyclic) bond motifs is 1. The van der Waals surface area contributed by atoms with Gasteiger partial charge in [0.2, 0.25) is 0 Å². The minimum absolute atomic E-state index is 0.563. The largest absolute Gasteiger partial charge is 0.323 e. The first kappa shape index (κ1) is 14.6. The molecular formula is C18H27N3. The van der Waals surface area contributed by atoms with Gasteiger partial charge in [0.25, 0.3) is 0 Å². The average Bonchev–Trinajstić information content (AvgIpc) is 2.86. The van der Waals surface area contributed by atoms with Crippen LogP contribution in [0.1, 0.15) is 57.8 Å². The standard InChI is InChI=1S/C18H27N3/c1-3-9-18-20-15-11-6-8-13-17(15)21(18)16-12-7-5-10-14(16)19-4-2/h6,8,11,13-14,16,19H,3-5,7,9-10,12H2,1-2H3. The number of nitrogens with one attached hydrogen (secondary N) is 1. The van der Waals surface area contributed by atoms with Crippen LogP contribution in [0, 0.1) is 0 Å². The van der Waals surface area contributed by atoms with E-state index in [-0.39, 0.29) is 0 Å². The molecule has 0 saturated heterocycles. The van der Waals surface area contributed by atoms with Gasteiger partial charge < -0.3 is 9.88 Å². The van der Waals surface area contributed by atoms with Gasteiger partial charge in [-0.2, -0.15) is 0 Å². The summed E-state index contributed by atoms with van der Waals surface area (Å²) in [4.78, 5) is 4.91. The molecule has 0 aliphatic heterocycles. The maximum absolute atomic E-state index is 4.91. The summed E-state index contributed by atoms with van der Waals surface area (Å²) < 4.78 is 2.55. The molecule has 3 nitrogen and oxygen atoms in total. The maximum Gasteiger partial charge on any atom is 0.110 e. The van der Waals surface area contributed by atoms with Crippen molar-refractivity contribution in [3.05, 3.63) is 30.1 Å². The lowest BCUT2D eigenvalue weighted by Gasteiger charge is -2.34. The molecule has 2 atom stereocenters.